The van der Waals surface area contributed by atoms with Crippen molar-refractivity contribution < 1.29 is 9.53 Å². The zero-order valence-electron chi connectivity index (χ0n) is 16.2. The Morgan fingerprint density at radius 1 is 1.04 bits per heavy atom. The van der Waals surface area contributed by atoms with Crippen LogP contribution in [0.25, 0.3) is 0 Å². The first kappa shape index (κ1) is 19.4. The molecule has 0 saturated heterocycles. The van der Waals surface area contributed by atoms with Gasteiger partial charge in [0.1, 0.15) is 11.6 Å². The molecule has 0 aliphatic rings. The predicted octanol–water partition coefficient (Wildman–Crippen LogP) is 4.23. The first-order chi connectivity index (χ1) is 13.6. The topological polar surface area (TPSA) is 63.2 Å². The average molecular weight is 375 g/mol. The monoisotopic (exact) mass is 375 g/mol. The van der Waals surface area contributed by atoms with Crippen LogP contribution >= 0.6 is 0 Å². The number of carbonyl (C=O) groups is 1. The fourth-order valence-corrected chi connectivity index (χ4v) is 2.83. The Morgan fingerprint density at radius 3 is 2.57 bits per heavy atom. The van der Waals surface area contributed by atoms with Gasteiger partial charge in [-0.2, -0.15) is 0 Å². The van der Waals surface area contributed by atoms with Gasteiger partial charge in [-0.15, -0.1) is 0 Å². The number of carbonyl (C=O) groups excluding carboxylic acids is 1. The van der Waals surface area contributed by atoms with E-state index in [-0.39, 0.29) is 5.91 Å². The maximum Gasteiger partial charge on any atom is 0.228 e. The molecule has 144 valence electrons. The highest BCUT2D eigenvalue weighted by molar-refractivity contribution is 5.92. The number of rotatable bonds is 8. The molecule has 1 heterocycles. The molecule has 28 heavy (non-hydrogen) atoms. The van der Waals surface area contributed by atoms with Crippen LogP contribution in [-0.4, -0.2) is 24.5 Å². The molecule has 0 unspecified atom stereocenters. The number of hydrogen-bond acceptors (Lipinski definition) is 4. The van der Waals surface area contributed by atoms with Crippen molar-refractivity contribution in [2.24, 2.45) is 0 Å². The number of aryl methyl sites for hydroxylation is 1. The van der Waals surface area contributed by atoms with Crippen molar-refractivity contribution in [3.05, 3.63) is 83.6 Å². The van der Waals surface area contributed by atoms with Gasteiger partial charge in [-0.1, -0.05) is 42.0 Å². The van der Waals surface area contributed by atoms with Gasteiger partial charge in [0.05, 0.1) is 25.4 Å². The molecule has 5 nitrogen and oxygen atoms in total. The van der Waals surface area contributed by atoms with Crippen molar-refractivity contribution in [2.75, 3.05) is 24.3 Å². The second-order valence-corrected chi connectivity index (χ2v) is 6.67. The molecule has 0 spiro atoms. The zero-order valence-corrected chi connectivity index (χ0v) is 16.2. The van der Waals surface area contributed by atoms with Gasteiger partial charge in [-0.05, 0) is 48.7 Å². The van der Waals surface area contributed by atoms with Crippen LogP contribution in [0.15, 0.2) is 66.9 Å². The molecule has 0 saturated carbocycles. The summed E-state index contributed by atoms with van der Waals surface area (Å²) in [7, 11) is 1.67. The fraction of sp³-hybridized carbons (Fsp3) is 0.217. The lowest BCUT2D eigenvalue weighted by Gasteiger charge is -2.09. The molecule has 3 rings (SSSR count). The number of nitrogens with zero attached hydrogens (tertiary/aromatic N) is 1. The maximum absolute atomic E-state index is 12.2. The standard InChI is InChI=1S/C23H25N3O2/c1-17-6-8-19(9-7-17)15-23(27)26-20-10-11-22(25-16-20)24-13-12-18-4-3-5-21(14-18)28-2/h3-11,14,16H,12-13,15H2,1-2H3,(H,24,25)(H,26,27). The minimum Gasteiger partial charge on any atom is -0.497 e. The molecular formula is C23H25N3O2. The Hall–Kier alpha value is -3.34. The van der Waals surface area contributed by atoms with E-state index in [2.05, 4.69) is 21.7 Å². The Balaban J connectivity index is 1.46. The second-order valence-electron chi connectivity index (χ2n) is 6.67. The summed E-state index contributed by atoms with van der Waals surface area (Å²) in [6, 6.07) is 19.7. The van der Waals surface area contributed by atoms with Crippen LogP contribution in [-0.2, 0) is 17.6 Å². The number of hydrogen-bond donors (Lipinski definition) is 2. The molecule has 0 radical (unpaired) electrons. The Morgan fingerprint density at radius 2 is 1.86 bits per heavy atom. The van der Waals surface area contributed by atoms with Crippen molar-refractivity contribution in [3.8, 4) is 5.75 Å². The fourth-order valence-electron chi connectivity index (χ4n) is 2.83. The highest BCUT2D eigenvalue weighted by Crippen LogP contribution is 2.14. The molecule has 0 aliphatic heterocycles. The third kappa shape index (κ3) is 5.84. The molecule has 3 aromatic rings. The van der Waals surface area contributed by atoms with Gasteiger partial charge in [0.15, 0.2) is 0 Å². The van der Waals surface area contributed by atoms with Crippen LogP contribution in [0.1, 0.15) is 16.7 Å². The molecule has 2 N–H and O–H groups in total. The van der Waals surface area contributed by atoms with Crippen LogP contribution in [0.5, 0.6) is 5.75 Å². The smallest absolute Gasteiger partial charge is 0.228 e. The van der Waals surface area contributed by atoms with E-state index in [1.807, 2.05) is 61.5 Å². The van der Waals surface area contributed by atoms with E-state index in [1.165, 1.54) is 11.1 Å². The Bertz CT molecular complexity index is 906. The van der Waals surface area contributed by atoms with Gasteiger partial charge in [0.25, 0.3) is 0 Å². The molecule has 2 aromatic carbocycles. The molecule has 0 bridgehead atoms. The summed E-state index contributed by atoms with van der Waals surface area (Å²) in [5.41, 5.74) is 4.07. The van der Waals surface area contributed by atoms with E-state index in [0.29, 0.717) is 12.1 Å². The molecule has 1 amide bonds. The maximum atomic E-state index is 12.2. The highest BCUT2D eigenvalue weighted by Gasteiger charge is 2.05. The summed E-state index contributed by atoms with van der Waals surface area (Å²) in [6.07, 6.45) is 2.88. The lowest BCUT2D eigenvalue weighted by molar-refractivity contribution is -0.115. The van der Waals surface area contributed by atoms with Gasteiger partial charge in [0, 0.05) is 6.54 Å². The summed E-state index contributed by atoms with van der Waals surface area (Å²) in [6.45, 7) is 2.79. The normalized spacial score (nSPS) is 10.4. The molecule has 0 atom stereocenters. The third-order valence-corrected chi connectivity index (χ3v) is 4.39. The number of aromatic nitrogens is 1. The van der Waals surface area contributed by atoms with Crippen molar-refractivity contribution >= 4 is 17.4 Å². The van der Waals surface area contributed by atoms with E-state index in [9.17, 15) is 4.79 Å². The number of methoxy groups -OCH3 is 1. The summed E-state index contributed by atoms with van der Waals surface area (Å²) < 4.78 is 5.24. The summed E-state index contributed by atoms with van der Waals surface area (Å²) in [4.78, 5) is 16.5. The summed E-state index contributed by atoms with van der Waals surface area (Å²) >= 11 is 0. The number of amides is 1. The minimum absolute atomic E-state index is 0.0515. The Kier molecular flexibility index (Phi) is 6.63. The predicted molar refractivity (Wildman–Crippen MR) is 113 cm³/mol. The van der Waals surface area contributed by atoms with Crippen molar-refractivity contribution in [1.82, 2.24) is 4.98 Å². The first-order valence-electron chi connectivity index (χ1n) is 9.30. The van der Waals surface area contributed by atoms with Gasteiger partial charge >= 0.3 is 0 Å². The number of anilines is 2. The van der Waals surface area contributed by atoms with Gasteiger partial charge in [0.2, 0.25) is 5.91 Å². The molecule has 5 heteroatoms. The molecule has 0 aliphatic carbocycles. The van der Waals surface area contributed by atoms with Crippen LogP contribution in [0.2, 0.25) is 0 Å². The second kappa shape index (κ2) is 9.55. The first-order valence-corrected chi connectivity index (χ1v) is 9.30. The summed E-state index contributed by atoms with van der Waals surface area (Å²) in [5.74, 6) is 1.59. The van der Waals surface area contributed by atoms with E-state index in [4.69, 9.17) is 4.74 Å². The van der Waals surface area contributed by atoms with Gasteiger partial charge in [-0.25, -0.2) is 4.98 Å². The largest absolute Gasteiger partial charge is 0.497 e. The van der Waals surface area contributed by atoms with Crippen molar-refractivity contribution in [1.29, 1.82) is 0 Å². The number of ether oxygens (including phenoxy) is 1. The van der Waals surface area contributed by atoms with E-state index < -0.39 is 0 Å². The van der Waals surface area contributed by atoms with Gasteiger partial charge in [-0.3, -0.25) is 4.79 Å². The summed E-state index contributed by atoms with van der Waals surface area (Å²) in [5, 5.41) is 6.18. The van der Waals surface area contributed by atoms with Gasteiger partial charge < -0.3 is 15.4 Å². The van der Waals surface area contributed by atoms with E-state index >= 15 is 0 Å². The van der Waals surface area contributed by atoms with Crippen molar-refractivity contribution in [3.63, 3.8) is 0 Å². The van der Waals surface area contributed by atoms with Crippen molar-refractivity contribution in [2.45, 2.75) is 19.8 Å². The van der Waals surface area contributed by atoms with Crippen LogP contribution < -0.4 is 15.4 Å². The van der Waals surface area contributed by atoms with Crippen LogP contribution in [0.4, 0.5) is 11.5 Å². The molecular weight excluding hydrogens is 350 g/mol. The lowest BCUT2D eigenvalue weighted by atomic mass is 10.1. The number of benzene rings is 2. The molecule has 1 aromatic heterocycles. The number of nitrogens with one attached hydrogen (secondary N) is 2. The zero-order chi connectivity index (χ0) is 19.8. The van der Waals surface area contributed by atoms with E-state index in [0.717, 1.165) is 30.1 Å². The van der Waals surface area contributed by atoms with Crippen LogP contribution in [0.3, 0.4) is 0 Å². The highest BCUT2D eigenvalue weighted by atomic mass is 16.5. The SMILES string of the molecule is COc1cccc(CCNc2ccc(NC(=O)Cc3ccc(C)cc3)cn2)c1. The molecule has 0 fully saturated rings. The number of pyridine rings is 1. The van der Waals surface area contributed by atoms with Crippen LogP contribution in [0, 0.1) is 6.92 Å². The average Bonchev–Trinajstić information content (AvgIpc) is 2.71. The Labute approximate surface area is 165 Å². The minimum atomic E-state index is -0.0515. The quantitative estimate of drug-likeness (QED) is 0.618. The third-order valence-electron chi connectivity index (χ3n) is 4.39. The lowest BCUT2D eigenvalue weighted by Crippen LogP contribution is -2.14. The van der Waals surface area contributed by atoms with E-state index in [1.54, 1.807) is 13.3 Å².